The number of rotatable bonds is 6. The van der Waals surface area contributed by atoms with E-state index in [0.717, 1.165) is 32.1 Å². The lowest BCUT2D eigenvalue weighted by atomic mass is 9.96. The van der Waals surface area contributed by atoms with Crippen molar-refractivity contribution in [3.05, 3.63) is 6.20 Å². The Hall–Kier alpha value is -0.730. The number of nitrogen functional groups attached to an aromatic ring is 1. The number of hydrogen-bond acceptors (Lipinski definition) is 5. The van der Waals surface area contributed by atoms with Gasteiger partial charge in [-0.3, -0.25) is 4.68 Å². The van der Waals surface area contributed by atoms with Crippen LogP contribution in [0, 0.1) is 0 Å². The standard InChI is InChI=1S/C13H24N4O2S2/c1-3-7-17-9-12(13(14)15-17)21(18,19)16-10-5-4-6-11(8-10)20-2/h9-11,16H,3-8H2,1-2H3,(H2,14,15). The van der Waals surface area contributed by atoms with E-state index in [2.05, 4.69) is 16.1 Å². The van der Waals surface area contributed by atoms with Crippen molar-refractivity contribution >= 4 is 27.6 Å². The summed E-state index contributed by atoms with van der Waals surface area (Å²) in [5, 5.41) is 4.60. The maximum absolute atomic E-state index is 12.5. The molecule has 120 valence electrons. The molecule has 1 heterocycles. The molecule has 21 heavy (non-hydrogen) atoms. The molecular weight excluding hydrogens is 308 g/mol. The monoisotopic (exact) mass is 332 g/mol. The van der Waals surface area contributed by atoms with Crippen LogP contribution in [0.25, 0.3) is 0 Å². The first kappa shape index (κ1) is 16.6. The fraction of sp³-hybridized carbons (Fsp3) is 0.769. The maximum atomic E-state index is 12.5. The van der Waals surface area contributed by atoms with Gasteiger partial charge in [0, 0.05) is 24.0 Å². The summed E-state index contributed by atoms with van der Waals surface area (Å²) in [6.07, 6.45) is 8.47. The third-order valence-corrected chi connectivity index (χ3v) is 6.41. The summed E-state index contributed by atoms with van der Waals surface area (Å²) in [7, 11) is -3.59. The number of anilines is 1. The smallest absolute Gasteiger partial charge is 0.246 e. The largest absolute Gasteiger partial charge is 0.381 e. The molecule has 2 rings (SSSR count). The third-order valence-electron chi connectivity index (χ3n) is 3.78. The predicted molar refractivity (Wildman–Crippen MR) is 86.8 cm³/mol. The molecule has 1 saturated carbocycles. The fourth-order valence-corrected chi connectivity index (χ4v) is 4.90. The molecule has 0 spiro atoms. The van der Waals surface area contributed by atoms with Crippen molar-refractivity contribution < 1.29 is 8.42 Å². The van der Waals surface area contributed by atoms with Crippen molar-refractivity contribution in [2.75, 3.05) is 12.0 Å². The topological polar surface area (TPSA) is 90.0 Å². The van der Waals surface area contributed by atoms with Gasteiger partial charge < -0.3 is 5.73 Å². The van der Waals surface area contributed by atoms with E-state index in [1.807, 2.05) is 18.7 Å². The highest BCUT2D eigenvalue weighted by molar-refractivity contribution is 7.99. The molecule has 0 radical (unpaired) electrons. The van der Waals surface area contributed by atoms with Crippen molar-refractivity contribution in [2.24, 2.45) is 0 Å². The average molecular weight is 332 g/mol. The van der Waals surface area contributed by atoms with Gasteiger partial charge in [0.1, 0.15) is 4.90 Å². The van der Waals surface area contributed by atoms with Crippen LogP contribution in [0.1, 0.15) is 39.0 Å². The minimum absolute atomic E-state index is 0.00451. The van der Waals surface area contributed by atoms with E-state index < -0.39 is 10.0 Å². The number of nitrogens with two attached hydrogens (primary N) is 1. The van der Waals surface area contributed by atoms with Crippen LogP contribution in [0.3, 0.4) is 0 Å². The second-order valence-electron chi connectivity index (χ2n) is 5.48. The molecule has 0 saturated heterocycles. The van der Waals surface area contributed by atoms with E-state index in [1.54, 1.807) is 4.68 Å². The van der Waals surface area contributed by atoms with E-state index in [0.29, 0.717) is 11.8 Å². The van der Waals surface area contributed by atoms with Gasteiger partial charge in [-0.1, -0.05) is 13.3 Å². The minimum Gasteiger partial charge on any atom is -0.381 e. The summed E-state index contributed by atoms with van der Waals surface area (Å²) in [5.74, 6) is 0.0770. The molecule has 1 fully saturated rings. The molecule has 1 aliphatic carbocycles. The zero-order valence-corrected chi connectivity index (χ0v) is 14.2. The SMILES string of the molecule is CCCn1cc(S(=O)(=O)NC2CCCC(SC)C2)c(N)n1. The highest BCUT2D eigenvalue weighted by Crippen LogP contribution is 2.28. The number of aromatic nitrogens is 2. The second-order valence-corrected chi connectivity index (χ2v) is 8.30. The van der Waals surface area contributed by atoms with E-state index in [1.165, 1.54) is 6.20 Å². The number of thioether (sulfide) groups is 1. The van der Waals surface area contributed by atoms with E-state index >= 15 is 0 Å². The van der Waals surface area contributed by atoms with Gasteiger partial charge in [-0.15, -0.1) is 0 Å². The van der Waals surface area contributed by atoms with Crippen molar-refractivity contribution in [1.82, 2.24) is 14.5 Å². The maximum Gasteiger partial charge on any atom is 0.246 e. The Morgan fingerprint density at radius 3 is 2.95 bits per heavy atom. The summed E-state index contributed by atoms with van der Waals surface area (Å²) < 4.78 is 29.4. The predicted octanol–water partition coefficient (Wildman–Crippen LogP) is 1.83. The van der Waals surface area contributed by atoms with Gasteiger partial charge >= 0.3 is 0 Å². The molecule has 1 aromatic heterocycles. The fourth-order valence-electron chi connectivity index (χ4n) is 2.72. The number of hydrogen-bond donors (Lipinski definition) is 2. The van der Waals surface area contributed by atoms with Gasteiger partial charge in [-0.25, -0.2) is 13.1 Å². The normalized spacial score (nSPS) is 23.3. The lowest BCUT2D eigenvalue weighted by Gasteiger charge is -2.28. The van der Waals surface area contributed by atoms with Crippen molar-refractivity contribution in [2.45, 2.75) is 61.8 Å². The zero-order valence-electron chi connectivity index (χ0n) is 12.6. The highest BCUT2D eigenvalue weighted by Gasteiger charge is 2.28. The number of sulfonamides is 1. The zero-order chi connectivity index (χ0) is 15.5. The van der Waals surface area contributed by atoms with Crippen LogP contribution in [0.2, 0.25) is 0 Å². The number of nitrogens with one attached hydrogen (secondary N) is 1. The highest BCUT2D eigenvalue weighted by atomic mass is 32.2. The molecular formula is C13H24N4O2S2. The Morgan fingerprint density at radius 1 is 1.52 bits per heavy atom. The summed E-state index contributed by atoms with van der Waals surface area (Å²) >= 11 is 1.81. The first-order valence-electron chi connectivity index (χ1n) is 7.34. The third kappa shape index (κ3) is 4.14. The molecule has 0 aliphatic heterocycles. The lowest BCUT2D eigenvalue weighted by Crippen LogP contribution is -2.39. The summed E-state index contributed by atoms with van der Waals surface area (Å²) in [4.78, 5) is 0.0993. The van der Waals surface area contributed by atoms with Crippen LogP contribution in [-0.2, 0) is 16.6 Å². The Bertz CT molecular complexity index is 571. The van der Waals surface area contributed by atoms with Crippen molar-refractivity contribution in [3.63, 3.8) is 0 Å². The second kappa shape index (κ2) is 7.02. The van der Waals surface area contributed by atoms with Crippen LogP contribution in [0.4, 0.5) is 5.82 Å². The molecule has 3 N–H and O–H groups in total. The van der Waals surface area contributed by atoms with Gasteiger partial charge in [-0.05, 0) is 31.9 Å². The summed E-state index contributed by atoms with van der Waals surface area (Å²) in [5.41, 5.74) is 5.76. The van der Waals surface area contributed by atoms with E-state index in [4.69, 9.17) is 5.73 Å². The Labute approximate surface area is 130 Å². The average Bonchev–Trinajstić information content (AvgIpc) is 2.81. The van der Waals surface area contributed by atoms with Crippen LogP contribution in [0.15, 0.2) is 11.1 Å². The molecule has 6 nitrogen and oxygen atoms in total. The minimum atomic E-state index is -3.59. The summed E-state index contributed by atoms with van der Waals surface area (Å²) in [6, 6.07) is -0.00451. The molecule has 1 aliphatic rings. The first-order chi connectivity index (χ1) is 9.96. The number of aryl methyl sites for hydroxylation is 1. The van der Waals surface area contributed by atoms with Gasteiger partial charge in [0.15, 0.2) is 5.82 Å². The van der Waals surface area contributed by atoms with Crippen LogP contribution >= 0.6 is 11.8 Å². The van der Waals surface area contributed by atoms with Crippen LogP contribution in [0.5, 0.6) is 0 Å². The van der Waals surface area contributed by atoms with Crippen molar-refractivity contribution in [3.8, 4) is 0 Å². The quantitative estimate of drug-likeness (QED) is 0.829. The molecule has 2 unspecified atom stereocenters. The molecule has 2 atom stereocenters. The van der Waals surface area contributed by atoms with Crippen molar-refractivity contribution in [1.29, 1.82) is 0 Å². The van der Waals surface area contributed by atoms with Gasteiger partial charge in [0.05, 0.1) is 0 Å². The molecule has 0 aromatic carbocycles. The first-order valence-corrected chi connectivity index (χ1v) is 10.1. The van der Waals surface area contributed by atoms with E-state index in [-0.39, 0.29) is 16.8 Å². The molecule has 0 bridgehead atoms. The van der Waals surface area contributed by atoms with E-state index in [9.17, 15) is 8.42 Å². The molecule has 8 heteroatoms. The van der Waals surface area contributed by atoms with Crippen LogP contribution < -0.4 is 10.5 Å². The van der Waals surface area contributed by atoms with Gasteiger partial charge in [-0.2, -0.15) is 16.9 Å². The number of nitrogens with zero attached hydrogens (tertiary/aromatic N) is 2. The van der Waals surface area contributed by atoms with Gasteiger partial charge in [0.2, 0.25) is 10.0 Å². The summed E-state index contributed by atoms with van der Waals surface area (Å²) in [6.45, 7) is 2.67. The van der Waals surface area contributed by atoms with Crippen LogP contribution in [-0.4, -0.2) is 35.7 Å². The Morgan fingerprint density at radius 2 is 2.29 bits per heavy atom. The Kier molecular flexibility index (Phi) is 5.56. The van der Waals surface area contributed by atoms with Gasteiger partial charge in [0.25, 0.3) is 0 Å². The Balaban J connectivity index is 2.11. The molecule has 0 amide bonds. The molecule has 1 aromatic rings. The lowest BCUT2D eigenvalue weighted by molar-refractivity contribution is 0.421.